The van der Waals surface area contributed by atoms with E-state index in [1.54, 1.807) is 45.2 Å². The van der Waals surface area contributed by atoms with Gasteiger partial charge in [0, 0.05) is 16.2 Å². The molecule has 0 aliphatic heterocycles. The molecule has 2 heterocycles. The van der Waals surface area contributed by atoms with Gasteiger partial charge in [-0.15, -0.1) is 5.10 Å². The van der Waals surface area contributed by atoms with Gasteiger partial charge in [-0.1, -0.05) is 18.2 Å². The number of carbonyl (C=O) groups is 1. The summed E-state index contributed by atoms with van der Waals surface area (Å²) in [5.41, 5.74) is 0.965. The first-order chi connectivity index (χ1) is 13.1. The van der Waals surface area contributed by atoms with Crippen LogP contribution in [0.5, 0.6) is 0 Å². The minimum Gasteiger partial charge on any atom is -0.443 e. The fourth-order valence-corrected chi connectivity index (χ4v) is 3.23. The van der Waals surface area contributed by atoms with Crippen LogP contribution in [0.2, 0.25) is 5.28 Å². The second-order valence-corrected chi connectivity index (χ2v) is 8.45. The summed E-state index contributed by atoms with van der Waals surface area (Å²) < 4.78 is 22.1. The molecule has 0 aliphatic carbocycles. The molecule has 0 bridgehead atoms. The third-order valence-electron chi connectivity index (χ3n) is 3.93. The van der Waals surface area contributed by atoms with Crippen LogP contribution >= 0.6 is 27.5 Å². The normalized spacial score (nSPS) is 11.7. The van der Waals surface area contributed by atoms with E-state index in [1.807, 2.05) is 6.92 Å². The van der Waals surface area contributed by atoms with Gasteiger partial charge in [0.25, 0.3) is 0 Å². The molecule has 0 fully saturated rings. The number of nitrogens with zero attached hydrogens (tertiary/aromatic N) is 4. The molecule has 0 spiro atoms. The molecule has 2 aromatic heterocycles. The van der Waals surface area contributed by atoms with Crippen LogP contribution in [0, 0.1) is 12.7 Å². The molecule has 0 radical (unpaired) electrons. The van der Waals surface area contributed by atoms with Gasteiger partial charge in [0.15, 0.2) is 5.82 Å². The molecule has 0 atom stereocenters. The molecular formula is C19H19BrClFN4O2. The van der Waals surface area contributed by atoms with Crippen molar-refractivity contribution in [1.29, 1.82) is 0 Å². The maximum atomic E-state index is 14.3. The molecule has 3 aromatic rings. The molecule has 0 N–H and O–H groups in total. The summed E-state index contributed by atoms with van der Waals surface area (Å²) in [4.78, 5) is 18.5. The van der Waals surface area contributed by atoms with Gasteiger partial charge in [0.2, 0.25) is 5.28 Å². The zero-order chi connectivity index (χ0) is 20.6. The van der Waals surface area contributed by atoms with Crippen molar-refractivity contribution in [3.8, 4) is 0 Å². The van der Waals surface area contributed by atoms with Crippen molar-refractivity contribution in [2.24, 2.45) is 0 Å². The zero-order valence-electron chi connectivity index (χ0n) is 15.8. The van der Waals surface area contributed by atoms with Gasteiger partial charge in [-0.05, 0) is 66.9 Å². The Morgan fingerprint density at radius 3 is 2.68 bits per heavy atom. The third-order valence-corrected chi connectivity index (χ3v) is 4.89. The highest BCUT2D eigenvalue weighted by Gasteiger charge is 2.28. The van der Waals surface area contributed by atoms with E-state index in [0.717, 1.165) is 10.0 Å². The van der Waals surface area contributed by atoms with Gasteiger partial charge < -0.3 is 4.74 Å². The van der Waals surface area contributed by atoms with Crippen molar-refractivity contribution in [1.82, 2.24) is 14.6 Å². The minimum atomic E-state index is -0.741. The molecule has 9 heteroatoms. The topological polar surface area (TPSA) is 59.7 Å². The Morgan fingerprint density at radius 2 is 2.04 bits per heavy atom. The molecule has 28 heavy (non-hydrogen) atoms. The van der Waals surface area contributed by atoms with Crippen LogP contribution in [0.3, 0.4) is 0 Å². The van der Waals surface area contributed by atoms with E-state index in [4.69, 9.17) is 16.3 Å². The van der Waals surface area contributed by atoms with Crippen molar-refractivity contribution >= 4 is 45.0 Å². The van der Waals surface area contributed by atoms with E-state index in [-0.39, 0.29) is 17.6 Å². The smallest absolute Gasteiger partial charge is 0.416 e. The van der Waals surface area contributed by atoms with Crippen LogP contribution in [0.15, 0.2) is 34.9 Å². The molecule has 0 unspecified atom stereocenters. The number of anilines is 1. The summed E-state index contributed by atoms with van der Waals surface area (Å²) in [6, 6.07) is 6.23. The fraction of sp³-hybridized carbons (Fsp3) is 0.316. The second kappa shape index (κ2) is 7.67. The van der Waals surface area contributed by atoms with Crippen LogP contribution in [-0.4, -0.2) is 26.3 Å². The van der Waals surface area contributed by atoms with Crippen LogP contribution in [-0.2, 0) is 11.3 Å². The van der Waals surface area contributed by atoms with Crippen LogP contribution in [0.1, 0.15) is 31.9 Å². The molecule has 6 nitrogen and oxygen atoms in total. The first-order valence-electron chi connectivity index (χ1n) is 8.51. The molecule has 148 valence electrons. The number of fused-ring (bicyclic) bond motifs is 1. The minimum absolute atomic E-state index is 0.0490. The summed E-state index contributed by atoms with van der Waals surface area (Å²) in [5.74, 6) is -0.193. The lowest BCUT2D eigenvalue weighted by molar-refractivity contribution is 0.0576. The molecule has 1 aromatic carbocycles. The van der Waals surface area contributed by atoms with E-state index < -0.39 is 17.5 Å². The first kappa shape index (κ1) is 20.5. The Kier molecular flexibility index (Phi) is 5.63. The van der Waals surface area contributed by atoms with Crippen molar-refractivity contribution in [2.75, 3.05) is 4.90 Å². The number of aryl methyl sites for hydroxylation is 1. The highest BCUT2D eigenvalue weighted by Crippen LogP contribution is 2.31. The number of benzene rings is 1. The van der Waals surface area contributed by atoms with Crippen molar-refractivity contribution < 1.29 is 13.9 Å². The van der Waals surface area contributed by atoms with Gasteiger partial charge in [0.1, 0.15) is 16.9 Å². The third kappa shape index (κ3) is 4.28. The van der Waals surface area contributed by atoms with E-state index in [0.29, 0.717) is 11.1 Å². The number of amides is 1. The van der Waals surface area contributed by atoms with Gasteiger partial charge >= 0.3 is 6.09 Å². The Hall–Kier alpha value is -2.19. The molecule has 1 amide bonds. The Labute approximate surface area is 175 Å². The molecule has 0 saturated carbocycles. The van der Waals surface area contributed by atoms with E-state index in [1.165, 1.54) is 15.5 Å². The summed E-state index contributed by atoms with van der Waals surface area (Å²) in [5, 5.41) is 4.10. The average molecular weight is 470 g/mol. The van der Waals surface area contributed by atoms with E-state index in [9.17, 15) is 9.18 Å². The summed E-state index contributed by atoms with van der Waals surface area (Å²) >= 11 is 9.54. The number of hydrogen-bond donors (Lipinski definition) is 0. The summed E-state index contributed by atoms with van der Waals surface area (Å²) in [6.07, 6.45) is 1.06. The molecular weight excluding hydrogens is 451 g/mol. The number of halogens is 3. The van der Waals surface area contributed by atoms with Gasteiger partial charge in [0.05, 0.1) is 6.54 Å². The van der Waals surface area contributed by atoms with Crippen LogP contribution in [0.25, 0.3) is 5.52 Å². The molecule has 0 aliphatic rings. The number of ether oxygens (including phenoxy) is 1. The average Bonchev–Trinajstić information content (AvgIpc) is 2.86. The largest absolute Gasteiger partial charge is 0.443 e. The van der Waals surface area contributed by atoms with Gasteiger partial charge in [-0.3, -0.25) is 4.90 Å². The highest BCUT2D eigenvalue weighted by atomic mass is 79.9. The van der Waals surface area contributed by atoms with Crippen molar-refractivity contribution in [2.45, 2.75) is 39.8 Å². The lowest BCUT2D eigenvalue weighted by Gasteiger charge is -2.27. The second-order valence-electron chi connectivity index (χ2n) is 7.26. The number of carbonyl (C=O) groups excluding carboxylic acids is 1. The summed E-state index contributed by atoms with van der Waals surface area (Å²) in [7, 11) is 0. The van der Waals surface area contributed by atoms with Crippen molar-refractivity contribution in [3.63, 3.8) is 0 Å². The number of aromatic nitrogens is 3. The van der Waals surface area contributed by atoms with Crippen LogP contribution in [0.4, 0.5) is 15.0 Å². The van der Waals surface area contributed by atoms with E-state index >= 15 is 0 Å². The Bertz CT molecular complexity index is 1050. The lowest BCUT2D eigenvalue weighted by Crippen LogP contribution is -2.37. The summed E-state index contributed by atoms with van der Waals surface area (Å²) in [6.45, 7) is 7.05. The maximum absolute atomic E-state index is 14.3. The predicted octanol–water partition coefficient (Wildman–Crippen LogP) is 5.53. The predicted molar refractivity (Wildman–Crippen MR) is 109 cm³/mol. The standard InChI is InChI=1S/C19H19BrClFN4O2/c1-11-13(20)10-26-15(11)16(23-17(21)24-26)25(18(27)28-19(2,3)4)9-12-7-5-6-8-14(12)22/h5-8,10H,9H2,1-4H3. The van der Waals surface area contributed by atoms with Gasteiger partial charge in [-0.25, -0.2) is 13.7 Å². The zero-order valence-corrected chi connectivity index (χ0v) is 18.2. The molecule has 3 rings (SSSR count). The maximum Gasteiger partial charge on any atom is 0.416 e. The quantitative estimate of drug-likeness (QED) is 0.506. The Balaban J connectivity index is 2.18. The van der Waals surface area contributed by atoms with Gasteiger partial charge in [-0.2, -0.15) is 4.98 Å². The van der Waals surface area contributed by atoms with Crippen LogP contribution < -0.4 is 4.90 Å². The highest BCUT2D eigenvalue weighted by molar-refractivity contribution is 9.10. The number of rotatable bonds is 3. The first-order valence-corrected chi connectivity index (χ1v) is 9.69. The fourth-order valence-electron chi connectivity index (χ4n) is 2.68. The monoisotopic (exact) mass is 468 g/mol. The number of hydrogen-bond acceptors (Lipinski definition) is 4. The van der Waals surface area contributed by atoms with E-state index in [2.05, 4.69) is 26.0 Å². The SMILES string of the molecule is Cc1c(Br)cn2nc(Cl)nc(N(Cc3ccccc3F)C(=O)OC(C)(C)C)c12. The van der Waals surface area contributed by atoms with Crippen molar-refractivity contribution in [3.05, 3.63) is 57.2 Å². The Morgan fingerprint density at radius 1 is 1.36 bits per heavy atom. The molecule has 0 saturated heterocycles. The lowest BCUT2D eigenvalue weighted by atomic mass is 10.2.